The number of nitrogens with one attached hydrogen (secondary N) is 1. The number of methoxy groups -OCH3 is 1. The third kappa shape index (κ3) is 4.48. The predicted molar refractivity (Wildman–Crippen MR) is 118 cm³/mol. The summed E-state index contributed by atoms with van der Waals surface area (Å²) in [6, 6.07) is 1.83. The molecule has 0 saturated carbocycles. The van der Waals surface area contributed by atoms with Crippen LogP contribution in [0.3, 0.4) is 0 Å². The molecule has 4 rings (SSSR count). The van der Waals surface area contributed by atoms with Crippen LogP contribution in [-0.2, 0) is 4.74 Å². The lowest BCUT2D eigenvalue weighted by Gasteiger charge is -2.33. The van der Waals surface area contributed by atoms with Gasteiger partial charge >= 0.3 is 12.1 Å². The number of nitrogens with two attached hydrogens (primary N) is 1. The normalized spacial score (nSPS) is 16.8. The number of alkyl carbamates (subject to hydrolysis) is 1. The van der Waals surface area contributed by atoms with Crippen LogP contribution in [0.15, 0.2) is 18.6 Å². The lowest BCUT2D eigenvalue weighted by molar-refractivity contribution is 0.0500. The van der Waals surface area contributed by atoms with E-state index in [4.69, 9.17) is 20.3 Å². The monoisotopic (exact) mass is 441 g/mol. The molecule has 1 atom stereocenters. The number of carbonyl (C=O) groups is 1. The lowest BCUT2D eigenvalue weighted by Crippen LogP contribution is -2.49. The Labute approximate surface area is 185 Å². The van der Waals surface area contributed by atoms with Crippen molar-refractivity contribution in [2.24, 2.45) is 0 Å². The number of amides is 1. The Morgan fingerprint density at radius 3 is 2.84 bits per heavy atom. The van der Waals surface area contributed by atoms with Crippen LogP contribution in [0, 0.1) is 0 Å². The zero-order valence-corrected chi connectivity index (χ0v) is 18.6. The molecule has 3 aromatic heterocycles. The molecule has 12 nitrogen and oxygen atoms in total. The first-order valence-electron chi connectivity index (χ1n) is 10.4. The van der Waals surface area contributed by atoms with Crippen molar-refractivity contribution in [1.29, 1.82) is 0 Å². The van der Waals surface area contributed by atoms with Crippen molar-refractivity contribution < 1.29 is 14.3 Å². The fourth-order valence-electron chi connectivity index (χ4n) is 3.65. The number of aromatic nitrogens is 6. The summed E-state index contributed by atoms with van der Waals surface area (Å²) in [6.45, 7) is 6.81. The molecule has 4 heterocycles. The Kier molecular flexibility index (Phi) is 5.68. The fourth-order valence-corrected chi connectivity index (χ4v) is 3.65. The number of fused-ring (bicyclic) bond motifs is 1. The standard InChI is InChI=1S/C20H27N9O3/c1-20(2,3)32-19(30)25-12-6-5-9-28(10-12)17-14-15(21)23-11-24-16(14)29(27-17)13-7-8-22-18(26-13)31-4/h7-8,11-12H,5-6,9-10H2,1-4H3,(H,25,30)(H2,21,23,24)/t12-/m1/s1. The molecule has 170 valence electrons. The smallest absolute Gasteiger partial charge is 0.407 e. The molecule has 1 aliphatic rings. The minimum Gasteiger partial charge on any atom is -0.467 e. The van der Waals surface area contributed by atoms with Crippen molar-refractivity contribution in [2.75, 3.05) is 30.8 Å². The first-order valence-corrected chi connectivity index (χ1v) is 10.4. The van der Waals surface area contributed by atoms with Crippen molar-refractivity contribution in [1.82, 2.24) is 35.0 Å². The maximum absolute atomic E-state index is 12.2. The first kappa shape index (κ1) is 21.5. The molecule has 1 amide bonds. The van der Waals surface area contributed by atoms with E-state index in [1.165, 1.54) is 13.4 Å². The molecule has 0 spiro atoms. The van der Waals surface area contributed by atoms with E-state index in [0.29, 0.717) is 35.0 Å². The molecule has 3 aromatic rings. The molecule has 3 N–H and O–H groups in total. The van der Waals surface area contributed by atoms with Crippen LogP contribution in [-0.4, -0.2) is 67.7 Å². The number of nitrogen functional groups attached to an aromatic ring is 1. The molecule has 0 radical (unpaired) electrons. The van der Waals surface area contributed by atoms with Gasteiger partial charge in [0.2, 0.25) is 0 Å². The second-order valence-electron chi connectivity index (χ2n) is 8.53. The average Bonchev–Trinajstić information content (AvgIpc) is 3.14. The Balaban J connectivity index is 1.66. The van der Waals surface area contributed by atoms with E-state index >= 15 is 0 Å². The van der Waals surface area contributed by atoms with Crippen molar-refractivity contribution >= 4 is 28.8 Å². The molecule has 12 heteroatoms. The Morgan fingerprint density at radius 2 is 2.09 bits per heavy atom. The highest BCUT2D eigenvalue weighted by atomic mass is 16.6. The number of ether oxygens (including phenoxy) is 2. The third-order valence-electron chi connectivity index (χ3n) is 4.94. The molecule has 32 heavy (non-hydrogen) atoms. The van der Waals surface area contributed by atoms with Gasteiger partial charge < -0.3 is 25.4 Å². The van der Waals surface area contributed by atoms with Gasteiger partial charge in [0.1, 0.15) is 23.1 Å². The number of hydrogen-bond acceptors (Lipinski definition) is 10. The third-order valence-corrected chi connectivity index (χ3v) is 4.94. The highest BCUT2D eigenvalue weighted by Crippen LogP contribution is 2.32. The van der Waals surface area contributed by atoms with E-state index in [0.717, 1.165) is 19.4 Å². The molecule has 1 fully saturated rings. The summed E-state index contributed by atoms with van der Waals surface area (Å²) in [6.07, 6.45) is 4.24. The summed E-state index contributed by atoms with van der Waals surface area (Å²) in [7, 11) is 1.50. The number of carbonyl (C=O) groups excluding carboxylic acids is 1. The molecule has 0 aromatic carbocycles. The zero-order valence-electron chi connectivity index (χ0n) is 18.6. The first-order chi connectivity index (χ1) is 15.2. The SMILES string of the molecule is COc1nccc(-n2nc(N3CCC[C@@H](NC(=O)OC(C)(C)C)C3)c3c(N)ncnc32)n1. The summed E-state index contributed by atoms with van der Waals surface area (Å²) in [4.78, 5) is 31.3. The summed E-state index contributed by atoms with van der Waals surface area (Å²) >= 11 is 0. The predicted octanol–water partition coefficient (Wildman–Crippen LogP) is 1.69. The summed E-state index contributed by atoms with van der Waals surface area (Å²) < 4.78 is 12.1. The minimum absolute atomic E-state index is 0.0937. The van der Waals surface area contributed by atoms with Crippen molar-refractivity contribution in [3.8, 4) is 11.8 Å². The average molecular weight is 441 g/mol. The maximum Gasteiger partial charge on any atom is 0.407 e. The number of rotatable bonds is 4. The molecule has 0 aliphatic carbocycles. The van der Waals surface area contributed by atoms with E-state index in [1.807, 2.05) is 20.8 Å². The van der Waals surface area contributed by atoms with E-state index in [-0.39, 0.29) is 12.1 Å². The van der Waals surface area contributed by atoms with Crippen molar-refractivity contribution in [3.63, 3.8) is 0 Å². The van der Waals surface area contributed by atoms with Gasteiger partial charge in [-0.25, -0.2) is 19.7 Å². The van der Waals surface area contributed by atoms with Gasteiger partial charge in [-0.1, -0.05) is 0 Å². The summed E-state index contributed by atoms with van der Waals surface area (Å²) in [5, 5.41) is 8.34. The second-order valence-corrected chi connectivity index (χ2v) is 8.53. The minimum atomic E-state index is -0.558. The maximum atomic E-state index is 12.2. The van der Waals surface area contributed by atoms with Gasteiger partial charge in [-0.05, 0) is 33.6 Å². The number of hydrogen-bond donors (Lipinski definition) is 2. The summed E-state index contributed by atoms with van der Waals surface area (Å²) in [5.74, 6) is 1.44. The Hall–Kier alpha value is -3.70. The van der Waals surface area contributed by atoms with Crippen molar-refractivity contribution in [2.45, 2.75) is 45.3 Å². The van der Waals surface area contributed by atoms with Crippen LogP contribution in [0.5, 0.6) is 6.01 Å². The van der Waals surface area contributed by atoms with Crippen LogP contribution < -0.4 is 20.7 Å². The van der Waals surface area contributed by atoms with E-state index in [1.54, 1.807) is 16.9 Å². The van der Waals surface area contributed by atoms with Gasteiger partial charge in [-0.15, -0.1) is 5.10 Å². The zero-order chi connectivity index (χ0) is 22.9. The van der Waals surface area contributed by atoms with Gasteiger partial charge in [0.15, 0.2) is 17.3 Å². The molecule has 0 bridgehead atoms. The van der Waals surface area contributed by atoms with Crippen LogP contribution in [0.1, 0.15) is 33.6 Å². The summed E-state index contributed by atoms with van der Waals surface area (Å²) in [5.41, 5.74) is 6.18. The molecule has 1 saturated heterocycles. The van der Waals surface area contributed by atoms with Crippen LogP contribution in [0.4, 0.5) is 16.4 Å². The fraction of sp³-hybridized carbons (Fsp3) is 0.500. The van der Waals surface area contributed by atoms with Crippen LogP contribution >= 0.6 is 0 Å². The Morgan fingerprint density at radius 1 is 1.28 bits per heavy atom. The topological polar surface area (TPSA) is 146 Å². The van der Waals surface area contributed by atoms with E-state index in [9.17, 15) is 4.79 Å². The molecular formula is C20H27N9O3. The largest absolute Gasteiger partial charge is 0.467 e. The lowest BCUT2D eigenvalue weighted by atomic mass is 10.1. The van der Waals surface area contributed by atoms with Crippen LogP contribution in [0.25, 0.3) is 16.9 Å². The Bertz CT molecular complexity index is 1130. The van der Waals surface area contributed by atoms with Gasteiger partial charge in [0, 0.05) is 31.4 Å². The molecular weight excluding hydrogens is 414 g/mol. The van der Waals surface area contributed by atoms with Gasteiger partial charge in [0.05, 0.1) is 7.11 Å². The molecule has 0 unspecified atom stereocenters. The van der Waals surface area contributed by atoms with E-state index < -0.39 is 11.7 Å². The number of piperidine rings is 1. The van der Waals surface area contributed by atoms with Crippen molar-refractivity contribution in [3.05, 3.63) is 18.6 Å². The van der Waals surface area contributed by atoms with Gasteiger partial charge in [-0.3, -0.25) is 0 Å². The van der Waals surface area contributed by atoms with E-state index in [2.05, 4.69) is 30.2 Å². The molecule has 1 aliphatic heterocycles. The van der Waals surface area contributed by atoms with Gasteiger partial charge in [-0.2, -0.15) is 9.67 Å². The highest BCUT2D eigenvalue weighted by molar-refractivity contribution is 5.97. The quantitative estimate of drug-likeness (QED) is 0.613. The number of nitrogens with zero attached hydrogens (tertiary/aromatic N) is 7. The highest BCUT2D eigenvalue weighted by Gasteiger charge is 2.28. The number of anilines is 2. The second kappa shape index (κ2) is 8.44. The van der Waals surface area contributed by atoms with Crippen LogP contribution in [0.2, 0.25) is 0 Å². The van der Waals surface area contributed by atoms with Gasteiger partial charge in [0.25, 0.3) is 0 Å².